The SMILES string of the molecule is COc1ccc(Cl)cc1NC(=O)CSc1nnc(-c2ccncc2)n1Cc1ccco1. The summed E-state index contributed by atoms with van der Waals surface area (Å²) in [6, 6.07) is 12.5. The molecule has 0 spiro atoms. The Bertz CT molecular complexity index is 1170. The van der Waals surface area contributed by atoms with Gasteiger partial charge in [-0.1, -0.05) is 23.4 Å². The molecule has 10 heteroatoms. The van der Waals surface area contributed by atoms with Crippen LogP contribution in [0.15, 0.2) is 70.7 Å². The van der Waals surface area contributed by atoms with Crippen molar-refractivity contribution in [2.24, 2.45) is 0 Å². The fraction of sp³-hybridized carbons (Fsp3) is 0.143. The maximum absolute atomic E-state index is 12.6. The summed E-state index contributed by atoms with van der Waals surface area (Å²) < 4.78 is 12.7. The topological polar surface area (TPSA) is 95.1 Å². The Balaban J connectivity index is 1.52. The molecule has 1 amide bonds. The van der Waals surface area contributed by atoms with E-state index in [-0.39, 0.29) is 11.7 Å². The lowest BCUT2D eigenvalue weighted by molar-refractivity contribution is -0.113. The van der Waals surface area contributed by atoms with Crippen LogP contribution in [0.1, 0.15) is 5.76 Å². The van der Waals surface area contributed by atoms with Crippen LogP contribution >= 0.6 is 23.4 Å². The molecule has 0 aliphatic rings. The summed E-state index contributed by atoms with van der Waals surface area (Å²) in [6.07, 6.45) is 5.00. The average Bonchev–Trinajstić information content (AvgIpc) is 3.43. The minimum absolute atomic E-state index is 0.127. The molecule has 3 aromatic heterocycles. The molecule has 1 aromatic carbocycles. The van der Waals surface area contributed by atoms with Crippen molar-refractivity contribution in [1.29, 1.82) is 0 Å². The van der Waals surface area contributed by atoms with E-state index in [0.29, 0.717) is 34.0 Å². The summed E-state index contributed by atoms with van der Waals surface area (Å²) in [6.45, 7) is 0.434. The summed E-state index contributed by atoms with van der Waals surface area (Å²) in [5.41, 5.74) is 1.38. The zero-order valence-electron chi connectivity index (χ0n) is 16.5. The van der Waals surface area contributed by atoms with Crippen molar-refractivity contribution in [3.63, 3.8) is 0 Å². The number of hydrogen-bond donors (Lipinski definition) is 1. The highest BCUT2D eigenvalue weighted by molar-refractivity contribution is 7.99. The van der Waals surface area contributed by atoms with Gasteiger partial charge >= 0.3 is 0 Å². The van der Waals surface area contributed by atoms with E-state index in [9.17, 15) is 4.79 Å². The Morgan fingerprint density at radius 3 is 2.81 bits per heavy atom. The fourth-order valence-electron chi connectivity index (χ4n) is 2.91. The van der Waals surface area contributed by atoms with Gasteiger partial charge < -0.3 is 14.5 Å². The number of rotatable bonds is 8. The molecule has 4 rings (SSSR count). The Morgan fingerprint density at radius 2 is 2.06 bits per heavy atom. The number of anilines is 1. The molecular weight excluding hydrogens is 438 g/mol. The number of pyridine rings is 1. The van der Waals surface area contributed by atoms with Crippen molar-refractivity contribution in [2.75, 3.05) is 18.2 Å². The molecule has 0 radical (unpaired) electrons. The second-order valence-corrected chi connectivity index (χ2v) is 7.77. The molecule has 0 saturated heterocycles. The number of aromatic nitrogens is 4. The van der Waals surface area contributed by atoms with E-state index >= 15 is 0 Å². The normalized spacial score (nSPS) is 10.8. The van der Waals surface area contributed by atoms with Gasteiger partial charge in [0.2, 0.25) is 5.91 Å². The average molecular weight is 456 g/mol. The summed E-state index contributed by atoms with van der Waals surface area (Å²) in [5.74, 6) is 1.86. The predicted octanol–water partition coefficient (Wildman–Crippen LogP) is 4.37. The van der Waals surface area contributed by atoms with Gasteiger partial charge in [-0.25, -0.2) is 0 Å². The van der Waals surface area contributed by atoms with E-state index in [1.807, 2.05) is 28.8 Å². The van der Waals surface area contributed by atoms with Crippen LogP contribution in [0.25, 0.3) is 11.4 Å². The quantitative estimate of drug-likeness (QED) is 0.394. The second kappa shape index (κ2) is 9.67. The highest BCUT2D eigenvalue weighted by Gasteiger charge is 2.17. The first-order valence-corrected chi connectivity index (χ1v) is 10.6. The van der Waals surface area contributed by atoms with Crippen LogP contribution in [0.5, 0.6) is 5.75 Å². The van der Waals surface area contributed by atoms with Crippen molar-refractivity contribution < 1.29 is 13.9 Å². The second-order valence-electron chi connectivity index (χ2n) is 6.39. The van der Waals surface area contributed by atoms with Crippen LogP contribution in [0.4, 0.5) is 5.69 Å². The van der Waals surface area contributed by atoms with E-state index in [2.05, 4.69) is 20.5 Å². The van der Waals surface area contributed by atoms with E-state index in [0.717, 1.165) is 11.3 Å². The number of methoxy groups -OCH3 is 1. The van der Waals surface area contributed by atoms with Crippen LogP contribution in [-0.2, 0) is 11.3 Å². The summed E-state index contributed by atoms with van der Waals surface area (Å²) >= 11 is 7.31. The molecule has 0 fully saturated rings. The molecule has 0 bridgehead atoms. The van der Waals surface area contributed by atoms with Crippen LogP contribution < -0.4 is 10.1 Å². The van der Waals surface area contributed by atoms with E-state index in [1.54, 1.807) is 36.9 Å². The van der Waals surface area contributed by atoms with Crippen molar-refractivity contribution in [3.8, 4) is 17.1 Å². The van der Waals surface area contributed by atoms with Crippen molar-refractivity contribution in [2.45, 2.75) is 11.7 Å². The van der Waals surface area contributed by atoms with Gasteiger partial charge in [-0.05, 0) is 42.5 Å². The van der Waals surface area contributed by atoms with Gasteiger partial charge in [0.05, 0.1) is 31.4 Å². The molecule has 8 nitrogen and oxygen atoms in total. The van der Waals surface area contributed by atoms with Gasteiger partial charge in [-0.15, -0.1) is 10.2 Å². The largest absolute Gasteiger partial charge is 0.495 e. The number of thioether (sulfide) groups is 1. The highest BCUT2D eigenvalue weighted by Crippen LogP contribution is 2.29. The molecule has 0 atom stereocenters. The van der Waals surface area contributed by atoms with E-state index in [4.69, 9.17) is 20.8 Å². The zero-order chi connectivity index (χ0) is 21.6. The molecular formula is C21H18ClN5O3S. The lowest BCUT2D eigenvalue weighted by atomic mass is 10.2. The molecule has 0 saturated carbocycles. The van der Waals surface area contributed by atoms with Gasteiger partial charge in [0.1, 0.15) is 11.5 Å². The zero-order valence-corrected chi connectivity index (χ0v) is 18.1. The van der Waals surface area contributed by atoms with Crippen molar-refractivity contribution in [3.05, 3.63) is 71.9 Å². The smallest absolute Gasteiger partial charge is 0.234 e. The number of nitrogens with zero attached hydrogens (tertiary/aromatic N) is 4. The minimum Gasteiger partial charge on any atom is -0.495 e. The van der Waals surface area contributed by atoms with Gasteiger partial charge in [0.15, 0.2) is 11.0 Å². The minimum atomic E-state index is -0.219. The number of furan rings is 1. The Morgan fingerprint density at radius 1 is 1.23 bits per heavy atom. The third kappa shape index (κ3) is 5.07. The molecule has 1 N–H and O–H groups in total. The molecule has 0 unspecified atom stereocenters. The van der Waals surface area contributed by atoms with Crippen LogP contribution in [0.3, 0.4) is 0 Å². The van der Waals surface area contributed by atoms with Gasteiger partial charge in [-0.2, -0.15) is 0 Å². The monoisotopic (exact) mass is 455 g/mol. The number of carbonyl (C=O) groups is 1. The lowest BCUT2D eigenvalue weighted by Crippen LogP contribution is -2.15. The highest BCUT2D eigenvalue weighted by atomic mass is 35.5. The molecule has 0 aliphatic heterocycles. The maximum Gasteiger partial charge on any atom is 0.234 e. The third-order valence-corrected chi connectivity index (χ3v) is 5.52. The predicted molar refractivity (Wildman–Crippen MR) is 118 cm³/mol. The Labute approximate surface area is 187 Å². The van der Waals surface area contributed by atoms with Crippen LogP contribution in [0.2, 0.25) is 5.02 Å². The maximum atomic E-state index is 12.6. The van der Waals surface area contributed by atoms with Crippen molar-refractivity contribution in [1.82, 2.24) is 19.7 Å². The third-order valence-electron chi connectivity index (χ3n) is 4.32. The molecule has 31 heavy (non-hydrogen) atoms. The number of amides is 1. The van der Waals surface area contributed by atoms with Gasteiger partial charge in [0, 0.05) is 23.0 Å². The molecule has 4 aromatic rings. The number of hydrogen-bond acceptors (Lipinski definition) is 7. The first kappa shape index (κ1) is 21.0. The lowest BCUT2D eigenvalue weighted by Gasteiger charge is -2.11. The Kier molecular flexibility index (Phi) is 6.54. The van der Waals surface area contributed by atoms with Gasteiger partial charge in [0.25, 0.3) is 0 Å². The number of nitrogens with one attached hydrogen (secondary N) is 1. The summed E-state index contributed by atoms with van der Waals surface area (Å²) in [5, 5.41) is 12.5. The number of benzene rings is 1. The van der Waals surface area contributed by atoms with Crippen LogP contribution in [0, 0.1) is 0 Å². The first-order chi connectivity index (χ1) is 15.1. The van der Waals surface area contributed by atoms with Gasteiger partial charge in [-0.3, -0.25) is 14.3 Å². The van der Waals surface area contributed by atoms with Crippen LogP contribution in [-0.4, -0.2) is 38.5 Å². The molecule has 3 heterocycles. The molecule has 158 valence electrons. The first-order valence-electron chi connectivity index (χ1n) is 9.26. The number of halogens is 1. The number of carbonyl (C=O) groups excluding carboxylic acids is 1. The van der Waals surface area contributed by atoms with E-state index < -0.39 is 0 Å². The standard InChI is InChI=1S/C21H18ClN5O3S/c1-29-18-5-4-15(22)11-17(18)24-19(28)13-31-21-26-25-20(14-6-8-23-9-7-14)27(21)12-16-3-2-10-30-16/h2-11H,12-13H2,1H3,(H,24,28). The van der Waals surface area contributed by atoms with Crippen molar-refractivity contribution >= 4 is 35.0 Å². The summed E-state index contributed by atoms with van der Waals surface area (Å²) in [7, 11) is 1.53. The molecule has 0 aliphatic carbocycles. The fourth-order valence-corrected chi connectivity index (χ4v) is 3.82. The summed E-state index contributed by atoms with van der Waals surface area (Å²) in [4.78, 5) is 16.6. The van der Waals surface area contributed by atoms with E-state index in [1.165, 1.54) is 18.9 Å². The Hall–Kier alpha value is -3.30. The number of ether oxygens (including phenoxy) is 1.